The van der Waals surface area contributed by atoms with E-state index in [4.69, 9.17) is 10.5 Å². The van der Waals surface area contributed by atoms with Crippen LogP contribution in [0.3, 0.4) is 0 Å². The molecule has 94 valence electrons. The molecule has 0 aromatic heterocycles. The van der Waals surface area contributed by atoms with Crippen LogP contribution in [0, 0.1) is 0 Å². The molecule has 0 aliphatic rings. The van der Waals surface area contributed by atoms with Crippen molar-refractivity contribution in [2.24, 2.45) is 0 Å². The summed E-state index contributed by atoms with van der Waals surface area (Å²) in [5, 5.41) is 5.69. The Kier molecular flexibility index (Phi) is 5.13. The Balaban J connectivity index is 2.55. The Hall–Kier alpha value is -1.91. The molecule has 0 fully saturated rings. The molecule has 1 aromatic carbocycles. The van der Waals surface area contributed by atoms with Gasteiger partial charge in [-0.3, -0.25) is 4.79 Å². The Labute approximate surface area is 101 Å². The van der Waals surface area contributed by atoms with E-state index in [2.05, 4.69) is 10.6 Å². The zero-order chi connectivity index (χ0) is 12.7. The fraction of sp³-hybridized carbons (Fsp3) is 0.417. The summed E-state index contributed by atoms with van der Waals surface area (Å²) < 4.78 is 5.38. The number of hydrogen-bond acceptors (Lipinski definition) is 4. The predicted molar refractivity (Wildman–Crippen MR) is 69.2 cm³/mol. The average Bonchev–Trinajstić information content (AvgIpc) is 2.28. The maximum Gasteiger partial charge on any atom is 0.221 e. The van der Waals surface area contributed by atoms with Crippen LogP contribution in [0.25, 0.3) is 0 Å². The summed E-state index contributed by atoms with van der Waals surface area (Å²) in [6.07, 6.45) is 0.426. The number of rotatable bonds is 6. The molecule has 4 N–H and O–H groups in total. The van der Waals surface area contributed by atoms with Crippen LogP contribution in [0.2, 0.25) is 0 Å². The molecule has 1 amide bonds. The van der Waals surface area contributed by atoms with Gasteiger partial charge in [0.15, 0.2) is 0 Å². The zero-order valence-corrected chi connectivity index (χ0v) is 10.2. The van der Waals surface area contributed by atoms with Crippen LogP contribution in [0.4, 0.5) is 11.4 Å². The monoisotopic (exact) mass is 237 g/mol. The van der Waals surface area contributed by atoms with Gasteiger partial charge in [0.25, 0.3) is 0 Å². The van der Waals surface area contributed by atoms with E-state index in [1.807, 2.05) is 19.1 Å². The lowest BCUT2D eigenvalue weighted by Crippen LogP contribution is -2.20. The predicted octanol–water partition coefficient (Wildman–Crippen LogP) is 1.22. The lowest BCUT2D eigenvalue weighted by atomic mass is 10.2. The van der Waals surface area contributed by atoms with E-state index in [0.717, 1.165) is 11.4 Å². The molecule has 0 unspecified atom stereocenters. The van der Waals surface area contributed by atoms with Crippen molar-refractivity contribution in [1.29, 1.82) is 0 Å². The van der Waals surface area contributed by atoms with E-state index in [1.54, 1.807) is 13.1 Å². The number of hydrogen-bond donors (Lipinski definition) is 3. The molecule has 0 aliphatic heterocycles. The smallest absolute Gasteiger partial charge is 0.221 e. The lowest BCUT2D eigenvalue weighted by molar-refractivity contribution is -0.120. The Morgan fingerprint density at radius 2 is 2.18 bits per heavy atom. The van der Waals surface area contributed by atoms with Crippen LogP contribution < -0.4 is 21.1 Å². The van der Waals surface area contributed by atoms with E-state index in [1.165, 1.54) is 0 Å². The SMILES string of the molecule is CCOc1cc(N)cc(NCCC(=O)NC)c1. The van der Waals surface area contributed by atoms with E-state index < -0.39 is 0 Å². The van der Waals surface area contributed by atoms with Crippen LogP contribution in [0.5, 0.6) is 5.75 Å². The first-order valence-corrected chi connectivity index (χ1v) is 5.63. The summed E-state index contributed by atoms with van der Waals surface area (Å²) in [4.78, 5) is 11.0. The van der Waals surface area contributed by atoms with Gasteiger partial charge in [-0.2, -0.15) is 0 Å². The number of carbonyl (C=O) groups excluding carboxylic acids is 1. The molecular formula is C12H19N3O2. The van der Waals surface area contributed by atoms with Crippen molar-refractivity contribution in [2.75, 3.05) is 31.2 Å². The number of nitrogens with two attached hydrogens (primary N) is 1. The second-order valence-corrected chi connectivity index (χ2v) is 3.57. The molecule has 0 saturated heterocycles. The standard InChI is InChI=1S/C12H19N3O2/c1-3-17-11-7-9(13)6-10(8-11)15-5-4-12(16)14-2/h6-8,15H,3-5,13H2,1-2H3,(H,14,16). The van der Waals surface area contributed by atoms with Gasteiger partial charge in [0.2, 0.25) is 5.91 Å². The summed E-state index contributed by atoms with van der Waals surface area (Å²) >= 11 is 0. The minimum absolute atomic E-state index is 0.00596. The van der Waals surface area contributed by atoms with Crippen molar-refractivity contribution >= 4 is 17.3 Å². The van der Waals surface area contributed by atoms with E-state index in [9.17, 15) is 4.79 Å². The summed E-state index contributed by atoms with van der Waals surface area (Å²) in [7, 11) is 1.62. The van der Waals surface area contributed by atoms with Gasteiger partial charge in [0.1, 0.15) is 5.75 Å². The second kappa shape index (κ2) is 6.62. The molecule has 1 rings (SSSR count). The first-order chi connectivity index (χ1) is 8.15. The van der Waals surface area contributed by atoms with Gasteiger partial charge in [0.05, 0.1) is 6.61 Å². The Bertz CT molecular complexity index is 380. The van der Waals surface area contributed by atoms with Crippen molar-refractivity contribution in [2.45, 2.75) is 13.3 Å². The van der Waals surface area contributed by atoms with Gasteiger partial charge < -0.3 is 21.1 Å². The van der Waals surface area contributed by atoms with Gasteiger partial charge in [-0.25, -0.2) is 0 Å². The number of nitrogens with one attached hydrogen (secondary N) is 2. The fourth-order valence-electron chi connectivity index (χ4n) is 1.42. The molecule has 0 atom stereocenters. The molecule has 0 radical (unpaired) electrons. The molecule has 0 aliphatic carbocycles. The van der Waals surface area contributed by atoms with Crippen LogP contribution >= 0.6 is 0 Å². The zero-order valence-electron chi connectivity index (χ0n) is 10.2. The van der Waals surface area contributed by atoms with E-state index in [-0.39, 0.29) is 5.91 Å². The van der Waals surface area contributed by atoms with Gasteiger partial charge in [0, 0.05) is 43.5 Å². The third-order valence-corrected chi connectivity index (χ3v) is 2.20. The number of ether oxygens (including phenoxy) is 1. The highest BCUT2D eigenvalue weighted by atomic mass is 16.5. The van der Waals surface area contributed by atoms with E-state index in [0.29, 0.717) is 25.3 Å². The fourth-order valence-corrected chi connectivity index (χ4v) is 1.42. The normalized spacial score (nSPS) is 9.76. The van der Waals surface area contributed by atoms with Crippen LogP contribution in [0.1, 0.15) is 13.3 Å². The van der Waals surface area contributed by atoms with Crippen LogP contribution in [-0.2, 0) is 4.79 Å². The Morgan fingerprint density at radius 1 is 1.41 bits per heavy atom. The van der Waals surface area contributed by atoms with Crippen molar-refractivity contribution in [3.8, 4) is 5.75 Å². The molecule has 0 saturated carbocycles. The summed E-state index contributed by atoms with van der Waals surface area (Å²) in [6.45, 7) is 3.08. The van der Waals surface area contributed by atoms with Crippen molar-refractivity contribution in [1.82, 2.24) is 5.32 Å². The third-order valence-electron chi connectivity index (χ3n) is 2.20. The minimum atomic E-state index is 0.00596. The summed E-state index contributed by atoms with van der Waals surface area (Å²) in [5.74, 6) is 0.737. The molecule has 0 bridgehead atoms. The molecular weight excluding hydrogens is 218 g/mol. The number of nitrogen functional groups attached to an aromatic ring is 1. The van der Waals surface area contributed by atoms with Crippen molar-refractivity contribution in [3.63, 3.8) is 0 Å². The number of carbonyl (C=O) groups is 1. The maximum absolute atomic E-state index is 11.0. The third kappa shape index (κ3) is 4.63. The van der Waals surface area contributed by atoms with Crippen LogP contribution in [-0.4, -0.2) is 26.1 Å². The molecule has 1 aromatic rings. The molecule has 5 heteroatoms. The number of amides is 1. The Morgan fingerprint density at radius 3 is 2.82 bits per heavy atom. The molecule has 0 spiro atoms. The summed E-state index contributed by atoms with van der Waals surface area (Å²) in [5.41, 5.74) is 7.24. The van der Waals surface area contributed by atoms with Crippen molar-refractivity contribution in [3.05, 3.63) is 18.2 Å². The first kappa shape index (κ1) is 13.2. The minimum Gasteiger partial charge on any atom is -0.494 e. The summed E-state index contributed by atoms with van der Waals surface area (Å²) in [6, 6.07) is 5.45. The van der Waals surface area contributed by atoms with Gasteiger partial charge in [-0.05, 0) is 13.0 Å². The molecule has 17 heavy (non-hydrogen) atoms. The maximum atomic E-state index is 11.0. The van der Waals surface area contributed by atoms with E-state index >= 15 is 0 Å². The molecule has 5 nitrogen and oxygen atoms in total. The molecule has 0 heterocycles. The van der Waals surface area contributed by atoms with Gasteiger partial charge >= 0.3 is 0 Å². The highest BCUT2D eigenvalue weighted by Crippen LogP contribution is 2.22. The quantitative estimate of drug-likeness (QED) is 0.650. The average molecular weight is 237 g/mol. The number of anilines is 2. The van der Waals surface area contributed by atoms with Gasteiger partial charge in [-0.15, -0.1) is 0 Å². The van der Waals surface area contributed by atoms with Crippen LogP contribution in [0.15, 0.2) is 18.2 Å². The second-order valence-electron chi connectivity index (χ2n) is 3.57. The number of benzene rings is 1. The van der Waals surface area contributed by atoms with Crippen molar-refractivity contribution < 1.29 is 9.53 Å². The lowest BCUT2D eigenvalue weighted by Gasteiger charge is -2.10. The largest absolute Gasteiger partial charge is 0.494 e. The topological polar surface area (TPSA) is 76.4 Å². The highest BCUT2D eigenvalue weighted by Gasteiger charge is 2.01. The highest BCUT2D eigenvalue weighted by molar-refractivity contribution is 5.76. The van der Waals surface area contributed by atoms with Gasteiger partial charge in [-0.1, -0.05) is 0 Å². The first-order valence-electron chi connectivity index (χ1n) is 5.63.